The summed E-state index contributed by atoms with van der Waals surface area (Å²) in [5.41, 5.74) is 0. The van der Waals surface area contributed by atoms with Crippen LogP contribution in [0, 0.1) is 0 Å². The average molecular weight is 329 g/mol. The molecule has 5 nitrogen and oxygen atoms in total. The Hall–Kier alpha value is 0.550. The molecule has 0 aromatic heterocycles. The summed E-state index contributed by atoms with van der Waals surface area (Å²) in [7, 11) is 0. The molecule has 0 N–H and O–H groups in total. The van der Waals surface area contributed by atoms with E-state index in [2.05, 4.69) is 0 Å². The van der Waals surface area contributed by atoms with Crippen LogP contribution < -0.4 is 56.1 Å². The predicted molar refractivity (Wildman–Crippen MR) is 81.2 cm³/mol. The van der Waals surface area contributed by atoms with Crippen LogP contribution in [0.2, 0.25) is 0 Å². The van der Waals surface area contributed by atoms with Crippen LogP contribution in [0.25, 0.3) is 0 Å². The van der Waals surface area contributed by atoms with Crippen LogP contribution in [0.3, 0.4) is 0 Å². The van der Waals surface area contributed by atoms with Crippen molar-refractivity contribution in [3.05, 3.63) is 0 Å². The molecule has 0 spiro atoms. The Bertz CT molecular complexity index is 80.1. The maximum atomic E-state index is 9.53. The quantitative estimate of drug-likeness (QED) is 0.443. The summed E-state index contributed by atoms with van der Waals surface area (Å²) in [5, 5.41) is 38.1. The van der Waals surface area contributed by atoms with E-state index in [1.807, 2.05) is 27.7 Å². The molecule has 0 saturated heterocycles. The molecular formula is C16H36NNaO4. The predicted octanol–water partition coefficient (Wildman–Crippen LogP) is -2.89. The summed E-state index contributed by atoms with van der Waals surface area (Å²) in [6.07, 6.45) is 7.46. The smallest absolute Gasteiger partial charge is 0.854 e. The van der Waals surface area contributed by atoms with Crippen molar-refractivity contribution in [2.45, 2.75) is 79.1 Å². The summed E-state index contributed by atoms with van der Waals surface area (Å²) in [4.78, 5) is 0. The third kappa shape index (κ3) is 107. The Labute approximate surface area is 161 Å². The molecule has 0 aromatic carbocycles. The van der Waals surface area contributed by atoms with Crippen molar-refractivity contribution >= 4 is 0 Å². The molecule has 0 unspecified atom stereocenters. The first-order valence-corrected chi connectivity index (χ1v) is 7.98. The second-order valence-corrected chi connectivity index (χ2v) is 4.23. The van der Waals surface area contributed by atoms with Crippen molar-refractivity contribution < 1.29 is 50.0 Å². The third-order valence-corrected chi connectivity index (χ3v) is 1.99. The van der Waals surface area contributed by atoms with Gasteiger partial charge in [0.25, 0.3) is 0 Å². The van der Waals surface area contributed by atoms with E-state index in [9.17, 15) is 20.4 Å². The summed E-state index contributed by atoms with van der Waals surface area (Å²) in [6.45, 7) is 8.42. The van der Waals surface area contributed by atoms with E-state index in [1.54, 1.807) is 0 Å². The standard InChI is InChI=1S/4C4H9O.N.Na/c4*1-2-3-4-5;;/h4*2-4H2,1H3;;/q4*-1;+3;+1. The first-order valence-electron chi connectivity index (χ1n) is 7.98. The van der Waals surface area contributed by atoms with Crippen LogP contribution in [0.15, 0.2) is 0 Å². The minimum Gasteiger partial charge on any atom is -0.854 e. The first kappa shape index (κ1) is 38.2. The van der Waals surface area contributed by atoms with E-state index in [-0.39, 0.29) is 62.1 Å². The fraction of sp³-hybridized carbons (Fsp3) is 1.00. The normalized spacial score (nSPS) is 7.64. The van der Waals surface area contributed by atoms with Crippen LogP contribution >= 0.6 is 0 Å². The van der Waals surface area contributed by atoms with E-state index in [0.29, 0.717) is 0 Å². The molecule has 0 aliphatic carbocycles. The van der Waals surface area contributed by atoms with Crippen molar-refractivity contribution in [1.82, 2.24) is 6.15 Å². The molecule has 0 rings (SSSR count). The third-order valence-electron chi connectivity index (χ3n) is 1.99. The van der Waals surface area contributed by atoms with Gasteiger partial charge in [0.15, 0.2) is 0 Å². The zero-order chi connectivity index (χ0) is 16.5. The Balaban J connectivity index is -0.0000000376. The van der Waals surface area contributed by atoms with Gasteiger partial charge in [-0.2, -0.15) is 0 Å². The van der Waals surface area contributed by atoms with Crippen LogP contribution in [0.1, 0.15) is 79.1 Å². The number of hydrogen-bond acceptors (Lipinski definition) is 4. The van der Waals surface area contributed by atoms with Gasteiger partial charge in [-0.1, -0.05) is 79.1 Å². The molecule has 0 aromatic rings. The Morgan fingerprint density at radius 3 is 0.591 bits per heavy atom. The van der Waals surface area contributed by atoms with Gasteiger partial charge in [-0.25, -0.2) is 0 Å². The maximum Gasteiger partial charge on any atom is 3.00 e. The fourth-order valence-corrected chi connectivity index (χ4v) is 0.577. The molecule has 0 fully saturated rings. The molecule has 6 heteroatoms. The summed E-state index contributed by atoms with van der Waals surface area (Å²) in [5.74, 6) is 0. The van der Waals surface area contributed by atoms with Crippen molar-refractivity contribution in [2.24, 2.45) is 0 Å². The topological polar surface area (TPSA) is 123 Å². The number of hydrogen-bond donors (Lipinski definition) is 0. The van der Waals surface area contributed by atoms with Crippen molar-refractivity contribution in [3.63, 3.8) is 0 Å². The molecular weight excluding hydrogens is 293 g/mol. The van der Waals surface area contributed by atoms with E-state index < -0.39 is 0 Å². The van der Waals surface area contributed by atoms with Gasteiger partial charge in [0.05, 0.1) is 0 Å². The van der Waals surface area contributed by atoms with Gasteiger partial charge in [-0.05, 0) is 0 Å². The molecule has 130 valence electrons. The van der Waals surface area contributed by atoms with Crippen LogP contribution in [-0.4, -0.2) is 26.4 Å². The maximum absolute atomic E-state index is 9.53. The first-order chi connectivity index (χ1) is 9.66. The number of nitrogens with zero attached hydrogens (tertiary/aromatic N) is 1. The Morgan fingerprint density at radius 2 is 0.591 bits per heavy atom. The molecule has 0 heterocycles. The summed E-state index contributed by atoms with van der Waals surface area (Å²) in [6, 6.07) is 0. The molecule has 2 radical (unpaired) electrons. The van der Waals surface area contributed by atoms with Crippen LogP contribution in [0.5, 0.6) is 0 Å². The molecule has 0 amide bonds. The van der Waals surface area contributed by atoms with Gasteiger partial charge in [0.2, 0.25) is 0 Å². The second kappa shape index (κ2) is 57.8. The van der Waals surface area contributed by atoms with Gasteiger partial charge >= 0.3 is 35.7 Å². The van der Waals surface area contributed by atoms with Gasteiger partial charge in [-0.15, -0.1) is 26.4 Å². The van der Waals surface area contributed by atoms with Gasteiger partial charge in [-0.3, -0.25) is 0 Å². The van der Waals surface area contributed by atoms with Crippen molar-refractivity contribution in [2.75, 3.05) is 26.4 Å². The van der Waals surface area contributed by atoms with Crippen LogP contribution in [0.4, 0.5) is 0 Å². The van der Waals surface area contributed by atoms with Gasteiger partial charge in [0.1, 0.15) is 0 Å². The van der Waals surface area contributed by atoms with Gasteiger partial charge < -0.3 is 20.4 Å². The Morgan fingerprint density at radius 1 is 0.455 bits per heavy atom. The largest absolute Gasteiger partial charge is 3.00 e. The molecule has 0 bridgehead atoms. The van der Waals surface area contributed by atoms with Gasteiger partial charge in [0, 0.05) is 0 Å². The SMILES string of the molecule is CCCC[O-].CCCC[O-].CCCC[O-].CCCC[O-].[N+3].[Na+]. The minimum absolute atomic E-state index is 0. The molecule has 0 saturated carbocycles. The number of unbranched alkanes of at least 4 members (excludes halogenated alkanes) is 4. The second-order valence-electron chi connectivity index (χ2n) is 4.23. The molecule has 0 aliphatic heterocycles. The van der Waals surface area contributed by atoms with E-state index >= 15 is 0 Å². The van der Waals surface area contributed by atoms with Crippen molar-refractivity contribution in [3.8, 4) is 0 Å². The van der Waals surface area contributed by atoms with E-state index in [4.69, 9.17) is 0 Å². The van der Waals surface area contributed by atoms with E-state index in [1.165, 1.54) is 0 Å². The fourth-order valence-electron chi connectivity index (χ4n) is 0.577. The zero-order valence-corrected chi connectivity index (χ0v) is 17.6. The number of rotatable bonds is 8. The minimum atomic E-state index is 0. The summed E-state index contributed by atoms with van der Waals surface area (Å²) < 4.78 is 0. The average Bonchev–Trinajstić information content (AvgIpc) is 2.44. The zero-order valence-electron chi connectivity index (χ0n) is 15.6. The molecule has 0 atom stereocenters. The monoisotopic (exact) mass is 329 g/mol. The summed E-state index contributed by atoms with van der Waals surface area (Å²) >= 11 is 0. The van der Waals surface area contributed by atoms with Crippen molar-refractivity contribution in [1.29, 1.82) is 0 Å². The van der Waals surface area contributed by atoms with Crippen LogP contribution in [-0.2, 0) is 0 Å². The molecule has 22 heavy (non-hydrogen) atoms. The Kier molecular flexibility index (Phi) is 100. The van der Waals surface area contributed by atoms with E-state index in [0.717, 1.165) is 51.4 Å². The molecule has 0 aliphatic rings.